The minimum atomic E-state index is -0.358. The molecule has 1 atom stereocenters. The number of nitrogens with zero attached hydrogens (tertiary/aromatic N) is 1. The van der Waals surface area contributed by atoms with Crippen LogP contribution >= 0.6 is 36.4 Å². The largest absolute Gasteiger partial charge is 0.366 e. The summed E-state index contributed by atoms with van der Waals surface area (Å²) in [5.41, 5.74) is 0.996. The summed E-state index contributed by atoms with van der Waals surface area (Å²) in [7, 11) is 0. The standard InChI is InChI=1S/C11H14ClFN2.2ClH/c1-8-7-14-4-5-15(8)9-2-3-11(13)10(12)6-9;;/h2-3,6,8,14H,4-5,7H2,1H3;2*1H/t8-;;/m0../s1. The molecule has 0 amide bonds. The highest BCUT2D eigenvalue weighted by Gasteiger charge is 2.18. The number of piperazine rings is 1. The van der Waals surface area contributed by atoms with E-state index in [9.17, 15) is 4.39 Å². The summed E-state index contributed by atoms with van der Waals surface area (Å²) in [5.74, 6) is -0.358. The van der Waals surface area contributed by atoms with Gasteiger partial charge in [0.1, 0.15) is 5.82 Å². The average Bonchev–Trinajstić information content (AvgIpc) is 2.23. The highest BCUT2D eigenvalue weighted by atomic mass is 35.5. The first kappa shape index (κ1) is 16.8. The van der Waals surface area contributed by atoms with Crippen LogP contribution in [-0.2, 0) is 0 Å². The monoisotopic (exact) mass is 300 g/mol. The van der Waals surface area contributed by atoms with E-state index < -0.39 is 0 Å². The predicted molar refractivity (Wildman–Crippen MR) is 75.6 cm³/mol. The molecule has 0 aromatic heterocycles. The predicted octanol–water partition coefficient (Wildman–Crippen LogP) is 3.12. The van der Waals surface area contributed by atoms with E-state index in [0.717, 1.165) is 25.3 Å². The first-order valence-corrected chi connectivity index (χ1v) is 5.48. The molecule has 2 nitrogen and oxygen atoms in total. The second-order valence-electron chi connectivity index (χ2n) is 3.84. The molecule has 1 aromatic carbocycles. The van der Waals surface area contributed by atoms with Crippen LogP contribution in [-0.4, -0.2) is 25.7 Å². The van der Waals surface area contributed by atoms with Crippen molar-refractivity contribution in [2.45, 2.75) is 13.0 Å². The van der Waals surface area contributed by atoms with E-state index in [-0.39, 0.29) is 35.7 Å². The highest BCUT2D eigenvalue weighted by molar-refractivity contribution is 6.31. The van der Waals surface area contributed by atoms with Crippen LogP contribution in [0.3, 0.4) is 0 Å². The Labute approximate surface area is 118 Å². The fraction of sp³-hybridized carbons (Fsp3) is 0.455. The van der Waals surface area contributed by atoms with Crippen molar-refractivity contribution in [2.24, 2.45) is 0 Å². The number of hydrogen-bond donors (Lipinski definition) is 1. The van der Waals surface area contributed by atoms with Gasteiger partial charge < -0.3 is 10.2 Å². The molecule has 1 aliphatic rings. The lowest BCUT2D eigenvalue weighted by atomic mass is 10.2. The molecule has 0 bridgehead atoms. The molecule has 1 N–H and O–H groups in total. The molecule has 0 radical (unpaired) electrons. The molecular formula is C11H16Cl3FN2. The van der Waals surface area contributed by atoms with Gasteiger partial charge in [0.15, 0.2) is 0 Å². The van der Waals surface area contributed by atoms with Crippen molar-refractivity contribution in [3.8, 4) is 0 Å². The normalized spacial score (nSPS) is 19.2. The average molecular weight is 302 g/mol. The topological polar surface area (TPSA) is 15.3 Å². The maximum atomic E-state index is 13.0. The summed E-state index contributed by atoms with van der Waals surface area (Å²) in [6.07, 6.45) is 0. The highest BCUT2D eigenvalue weighted by Crippen LogP contribution is 2.24. The van der Waals surface area contributed by atoms with Crippen LogP contribution in [0.2, 0.25) is 5.02 Å². The van der Waals surface area contributed by atoms with Crippen molar-refractivity contribution in [3.05, 3.63) is 29.0 Å². The van der Waals surface area contributed by atoms with Crippen LogP contribution in [0.15, 0.2) is 18.2 Å². The van der Waals surface area contributed by atoms with Gasteiger partial charge in [-0.15, -0.1) is 24.8 Å². The molecule has 0 unspecified atom stereocenters. The number of benzene rings is 1. The number of halogens is 4. The molecule has 17 heavy (non-hydrogen) atoms. The van der Waals surface area contributed by atoms with Crippen molar-refractivity contribution in [1.29, 1.82) is 0 Å². The maximum Gasteiger partial charge on any atom is 0.141 e. The molecular weight excluding hydrogens is 285 g/mol. The molecule has 1 aliphatic heterocycles. The minimum absolute atomic E-state index is 0. The van der Waals surface area contributed by atoms with E-state index in [2.05, 4.69) is 17.1 Å². The summed E-state index contributed by atoms with van der Waals surface area (Å²) in [5, 5.41) is 3.50. The zero-order valence-electron chi connectivity index (χ0n) is 9.45. The molecule has 1 saturated heterocycles. The molecule has 1 fully saturated rings. The quantitative estimate of drug-likeness (QED) is 0.857. The Morgan fingerprint density at radius 3 is 2.71 bits per heavy atom. The SMILES string of the molecule is C[C@H]1CNCCN1c1ccc(F)c(Cl)c1.Cl.Cl. The first-order chi connectivity index (χ1) is 7.18. The fourth-order valence-corrected chi connectivity index (χ4v) is 2.06. The number of anilines is 1. The molecule has 0 aliphatic carbocycles. The molecule has 1 aromatic rings. The number of rotatable bonds is 1. The third-order valence-corrected chi connectivity index (χ3v) is 3.03. The van der Waals surface area contributed by atoms with Crippen LogP contribution < -0.4 is 10.2 Å². The van der Waals surface area contributed by atoms with E-state index in [0.29, 0.717) is 6.04 Å². The zero-order valence-corrected chi connectivity index (χ0v) is 11.8. The van der Waals surface area contributed by atoms with Crippen molar-refractivity contribution in [2.75, 3.05) is 24.5 Å². The van der Waals surface area contributed by atoms with Gasteiger partial charge in [-0.05, 0) is 25.1 Å². The Hall–Kier alpha value is -0.220. The molecule has 2 rings (SSSR count). The Balaban J connectivity index is 0.00000128. The Morgan fingerprint density at radius 2 is 2.12 bits per heavy atom. The summed E-state index contributed by atoms with van der Waals surface area (Å²) in [6, 6.07) is 5.31. The Kier molecular flexibility index (Phi) is 7.17. The summed E-state index contributed by atoms with van der Waals surface area (Å²) < 4.78 is 13.0. The van der Waals surface area contributed by atoms with E-state index in [1.165, 1.54) is 6.07 Å². The van der Waals surface area contributed by atoms with Gasteiger partial charge >= 0.3 is 0 Å². The van der Waals surface area contributed by atoms with Crippen molar-refractivity contribution >= 4 is 42.1 Å². The van der Waals surface area contributed by atoms with Gasteiger partial charge in [0.05, 0.1) is 5.02 Å². The van der Waals surface area contributed by atoms with Gasteiger partial charge in [-0.3, -0.25) is 0 Å². The van der Waals surface area contributed by atoms with Gasteiger partial charge in [-0.25, -0.2) is 4.39 Å². The molecule has 6 heteroatoms. The van der Waals surface area contributed by atoms with Crippen molar-refractivity contribution in [1.82, 2.24) is 5.32 Å². The minimum Gasteiger partial charge on any atom is -0.366 e. The lowest BCUT2D eigenvalue weighted by Gasteiger charge is -2.36. The van der Waals surface area contributed by atoms with Gasteiger partial charge in [-0.2, -0.15) is 0 Å². The van der Waals surface area contributed by atoms with Crippen molar-refractivity contribution in [3.63, 3.8) is 0 Å². The second kappa shape index (κ2) is 7.27. The van der Waals surface area contributed by atoms with Gasteiger partial charge in [0, 0.05) is 31.4 Å². The van der Waals surface area contributed by atoms with Crippen LogP contribution in [0.5, 0.6) is 0 Å². The lowest BCUT2D eigenvalue weighted by Crippen LogP contribution is -2.49. The van der Waals surface area contributed by atoms with Gasteiger partial charge in [0.2, 0.25) is 0 Å². The lowest BCUT2D eigenvalue weighted by molar-refractivity contribution is 0.500. The van der Waals surface area contributed by atoms with Gasteiger partial charge in [-0.1, -0.05) is 11.6 Å². The Morgan fingerprint density at radius 1 is 1.41 bits per heavy atom. The molecule has 1 heterocycles. The number of nitrogens with one attached hydrogen (secondary N) is 1. The molecule has 0 saturated carbocycles. The maximum absolute atomic E-state index is 13.0. The van der Waals surface area contributed by atoms with Crippen molar-refractivity contribution < 1.29 is 4.39 Å². The smallest absolute Gasteiger partial charge is 0.141 e. The van der Waals surface area contributed by atoms with Crippen LogP contribution in [0.25, 0.3) is 0 Å². The van der Waals surface area contributed by atoms with Crippen LogP contribution in [0, 0.1) is 5.82 Å². The second-order valence-corrected chi connectivity index (χ2v) is 4.25. The van der Waals surface area contributed by atoms with E-state index >= 15 is 0 Å². The first-order valence-electron chi connectivity index (χ1n) is 5.11. The van der Waals surface area contributed by atoms with Gasteiger partial charge in [0.25, 0.3) is 0 Å². The molecule has 0 spiro atoms. The zero-order chi connectivity index (χ0) is 10.8. The van der Waals surface area contributed by atoms with Crippen LogP contribution in [0.1, 0.15) is 6.92 Å². The van der Waals surface area contributed by atoms with E-state index in [1.807, 2.05) is 0 Å². The third kappa shape index (κ3) is 3.88. The van der Waals surface area contributed by atoms with E-state index in [4.69, 9.17) is 11.6 Å². The van der Waals surface area contributed by atoms with Crippen LogP contribution in [0.4, 0.5) is 10.1 Å². The Bertz CT molecular complexity index is 363. The fourth-order valence-electron chi connectivity index (χ4n) is 1.89. The number of hydrogen-bond acceptors (Lipinski definition) is 2. The summed E-state index contributed by atoms with van der Waals surface area (Å²) in [6.45, 7) is 4.99. The third-order valence-electron chi connectivity index (χ3n) is 2.74. The summed E-state index contributed by atoms with van der Waals surface area (Å²) >= 11 is 5.76. The van der Waals surface area contributed by atoms with E-state index in [1.54, 1.807) is 12.1 Å². The summed E-state index contributed by atoms with van der Waals surface area (Å²) in [4.78, 5) is 2.24. The molecule has 98 valence electrons.